The van der Waals surface area contributed by atoms with Crippen LogP contribution in [-0.2, 0) is 22.4 Å². The molecular weight excluding hydrogens is 238 g/mol. The van der Waals surface area contributed by atoms with E-state index in [0.29, 0.717) is 6.61 Å². The fourth-order valence-corrected chi connectivity index (χ4v) is 2.91. The Bertz CT molecular complexity index is 456. The number of rotatable bonds is 4. The number of benzene rings is 1. The normalized spacial score (nSPS) is 22.1. The number of esters is 1. The first kappa shape index (κ1) is 14.1. The van der Waals surface area contributed by atoms with Gasteiger partial charge in [-0.2, -0.15) is 0 Å². The van der Waals surface area contributed by atoms with Gasteiger partial charge >= 0.3 is 5.97 Å². The highest BCUT2D eigenvalue weighted by atomic mass is 16.5. The number of carbonyl (C=O) groups is 1. The van der Waals surface area contributed by atoms with Crippen molar-refractivity contribution in [3.63, 3.8) is 0 Å². The fraction of sp³-hybridized carbons (Fsp3) is 0.562. The van der Waals surface area contributed by atoms with Gasteiger partial charge in [-0.3, -0.25) is 10.1 Å². The molecule has 19 heavy (non-hydrogen) atoms. The smallest absolute Gasteiger partial charge is 0.326 e. The Morgan fingerprint density at radius 3 is 2.68 bits per heavy atom. The number of aryl methyl sites for hydroxylation is 1. The molecule has 1 N–H and O–H groups in total. The molecule has 3 nitrogen and oxygen atoms in total. The Labute approximate surface area is 115 Å². The maximum Gasteiger partial charge on any atom is 0.326 e. The molecule has 0 aromatic heterocycles. The zero-order valence-corrected chi connectivity index (χ0v) is 12.0. The third kappa shape index (κ3) is 2.98. The highest BCUT2D eigenvalue weighted by Gasteiger charge is 2.42. The third-order valence-electron chi connectivity index (χ3n) is 3.66. The Morgan fingerprint density at radius 2 is 2.05 bits per heavy atom. The Hall–Kier alpha value is -1.35. The average Bonchev–Trinajstić information content (AvgIpc) is 2.38. The molecular formula is C16H23NO2. The lowest BCUT2D eigenvalue weighted by molar-refractivity contribution is -0.152. The van der Waals surface area contributed by atoms with Crippen molar-refractivity contribution >= 4 is 5.97 Å². The summed E-state index contributed by atoms with van der Waals surface area (Å²) in [7, 11) is 0. The standard InChI is InChI=1S/C16H23NO2/c1-4-19-15(18)16(17-12(2)3)10-9-13-7-5-6-8-14(13)11-16/h5-8,12,17H,4,9-11H2,1-3H3. The molecule has 0 fully saturated rings. The first-order chi connectivity index (χ1) is 9.07. The molecule has 1 unspecified atom stereocenters. The summed E-state index contributed by atoms with van der Waals surface area (Å²) in [5.74, 6) is -0.113. The van der Waals surface area contributed by atoms with E-state index in [1.54, 1.807) is 0 Å². The van der Waals surface area contributed by atoms with E-state index in [9.17, 15) is 4.79 Å². The summed E-state index contributed by atoms with van der Waals surface area (Å²) >= 11 is 0. The monoisotopic (exact) mass is 261 g/mol. The van der Waals surface area contributed by atoms with Crippen molar-refractivity contribution in [1.29, 1.82) is 0 Å². The highest BCUT2D eigenvalue weighted by Crippen LogP contribution is 2.30. The summed E-state index contributed by atoms with van der Waals surface area (Å²) in [5, 5.41) is 3.45. The molecule has 0 radical (unpaired) electrons. The van der Waals surface area contributed by atoms with Crippen LogP contribution < -0.4 is 5.32 Å². The molecule has 1 atom stereocenters. The topological polar surface area (TPSA) is 38.3 Å². The minimum atomic E-state index is -0.557. The van der Waals surface area contributed by atoms with Crippen LogP contribution in [0, 0.1) is 0 Å². The molecule has 1 aromatic rings. The number of fused-ring (bicyclic) bond motifs is 1. The lowest BCUT2D eigenvalue weighted by Gasteiger charge is -2.38. The largest absolute Gasteiger partial charge is 0.465 e. The van der Waals surface area contributed by atoms with Crippen molar-refractivity contribution in [2.75, 3.05) is 6.61 Å². The third-order valence-corrected chi connectivity index (χ3v) is 3.66. The molecule has 0 aliphatic heterocycles. The molecule has 1 aromatic carbocycles. The number of hydrogen-bond acceptors (Lipinski definition) is 3. The van der Waals surface area contributed by atoms with Crippen molar-refractivity contribution in [2.24, 2.45) is 0 Å². The van der Waals surface area contributed by atoms with Crippen LogP contribution in [0.15, 0.2) is 24.3 Å². The molecule has 0 heterocycles. The van der Waals surface area contributed by atoms with E-state index < -0.39 is 5.54 Å². The van der Waals surface area contributed by atoms with Gasteiger partial charge < -0.3 is 4.74 Å². The predicted octanol–water partition coefficient (Wildman–Crippen LogP) is 2.48. The van der Waals surface area contributed by atoms with Gasteiger partial charge in [-0.25, -0.2) is 0 Å². The molecule has 3 heteroatoms. The van der Waals surface area contributed by atoms with E-state index in [4.69, 9.17) is 4.74 Å². The van der Waals surface area contributed by atoms with Crippen LogP contribution in [-0.4, -0.2) is 24.2 Å². The number of ether oxygens (including phenoxy) is 1. The van der Waals surface area contributed by atoms with Gasteiger partial charge in [0.1, 0.15) is 5.54 Å². The van der Waals surface area contributed by atoms with E-state index >= 15 is 0 Å². The molecule has 104 valence electrons. The van der Waals surface area contributed by atoms with Crippen molar-refractivity contribution in [3.05, 3.63) is 35.4 Å². The number of hydrogen-bond donors (Lipinski definition) is 1. The average molecular weight is 261 g/mol. The lowest BCUT2D eigenvalue weighted by atomic mass is 9.77. The summed E-state index contributed by atoms with van der Waals surface area (Å²) < 4.78 is 5.30. The minimum Gasteiger partial charge on any atom is -0.465 e. The summed E-state index contributed by atoms with van der Waals surface area (Å²) in [6.07, 6.45) is 2.45. The molecule has 0 spiro atoms. The van der Waals surface area contributed by atoms with Gasteiger partial charge in [0.05, 0.1) is 6.61 Å². The van der Waals surface area contributed by atoms with Crippen molar-refractivity contribution in [2.45, 2.75) is 51.6 Å². The lowest BCUT2D eigenvalue weighted by Crippen LogP contribution is -2.58. The van der Waals surface area contributed by atoms with E-state index in [1.807, 2.05) is 13.0 Å². The molecule has 1 aliphatic rings. The Kier molecular flexibility index (Phi) is 4.25. The molecule has 0 amide bonds. The van der Waals surface area contributed by atoms with E-state index in [2.05, 4.69) is 37.4 Å². The van der Waals surface area contributed by atoms with Gasteiger partial charge in [0.25, 0.3) is 0 Å². The zero-order valence-electron chi connectivity index (χ0n) is 12.0. The quantitative estimate of drug-likeness (QED) is 0.846. The second-order valence-electron chi connectivity index (χ2n) is 5.55. The van der Waals surface area contributed by atoms with Crippen LogP contribution in [0.25, 0.3) is 0 Å². The summed E-state index contributed by atoms with van der Waals surface area (Å²) in [6, 6.07) is 8.63. The molecule has 0 saturated heterocycles. The van der Waals surface area contributed by atoms with Crippen LogP contribution in [0.2, 0.25) is 0 Å². The molecule has 1 aliphatic carbocycles. The zero-order chi connectivity index (χ0) is 13.9. The Morgan fingerprint density at radius 1 is 1.37 bits per heavy atom. The molecule has 2 rings (SSSR count). The van der Waals surface area contributed by atoms with Crippen LogP contribution in [0.1, 0.15) is 38.3 Å². The second-order valence-corrected chi connectivity index (χ2v) is 5.55. The van der Waals surface area contributed by atoms with E-state index in [0.717, 1.165) is 19.3 Å². The van der Waals surface area contributed by atoms with Crippen LogP contribution in [0.4, 0.5) is 0 Å². The van der Waals surface area contributed by atoms with Gasteiger partial charge in [-0.05, 0) is 44.7 Å². The van der Waals surface area contributed by atoms with Crippen LogP contribution in [0.5, 0.6) is 0 Å². The summed E-state index contributed by atoms with van der Waals surface area (Å²) in [5.41, 5.74) is 2.06. The summed E-state index contributed by atoms with van der Waals surface area (Å²) in [4.78, 5) is 12.4. The maximum absolute atomic E-state index is 12.4. The number of carbonyl (C=O) groups excluding carboxylic acids is 1. The minimum absolute atomic E-state index is 0.113. The van der Waals surface area contributed by atoms with Crippen LogP contribution >= 0.6 is 0 Å². The van der Waals surface area contributed by atoms with Crippen molar-refractivity contribution in [1.82, 2.24) is 5.32 Å². The van der Waals surface area contributed by atoms with Crippen molar-refractivity contribution in [3.8, 4) is 0 Å². The molecule has 0 bridgehead atoms. The Balaban J connectivity index is 2.28. The summed E-state index contributed by atoms with van der Waals surface area (Å²) in [6.45, 7) is 6.43. The maximum atomic E-state index is 12.4. The van der Waals surface area contributed by atoms with Gasteiger partial charge in [0.2, 0.25) is 0 Å². The SMILES string of the molecule is CCOC(=O)C1(NC(C)C)CCc2ccccc2C1. The van der Waals surface area contributed by atoms with Gasteiger partial charge in [0.15, 0.2) is 0 Å². The van der Waals surface area contributed by atoms with E-state index in [1.165, 1.54) is 11.1 Å². The van der Waals surface area contributed by atoms with Gasteiger partial charge in [0, 0.05) is 12.5 Å². The van der Waals surface area contributed by atoms with E-state index in [-0.39, 0.29) is 12.0 Å². The first-order valence-electron chi connectivity index (χ1n) is 7.09. The highest BCUT2D eigenvalue weighted by molar-refractivity contribution is 5.82. The fourth-order valence-electron chi connectivity index (χ4n) is 2.91. The molecule has 0 saturated carbocycles. The predicted molar refractivity (Wildman–Crippen MR) is 76.1 cm³/mol. The number of nitrogens with one attached hydrogen (secondary N) is 1. The first-order valence-corrected chi connectivity index (χ1v) is 7.09. The van der Waals surface area contributed by atoms with Crippen molar-refractivity contribution < 1.29 is 9.53 Å². The van der Waals surface area contributed by atoms with Crippen LogP contribution in [0.3, 0.4) is 0 Å². The van der Waals surface area contributed by atoms with Gasteiger partial charge in [-0.15, -0.1) is 0 Å². The second kappa shape index (κ2) is 5.74. The van der Waals surface area contributed by atoms with Gasteiger partial charge in [-0.1, -0.05) is 24.3 Å².